The molecule has 0 aliphatic heterocycles. The number of halogens is 2. The molecular weight excluding hydrogens is 573 g/mol. The number of nitrogens with zero attached hydrogens (tertiary/aromatic N) is 4. The van der Waals surface area contributed by atoms with Crippen LogP contribution in [-0.2, 0) is 26.5 Å². The van der Waals surface area contributed by atoms with E-state index in [2.05, 4.69) is 21.0 Å². The third-order valence-corrected chi connectivity index (χ3v) is 4.58. The third kappa shape index (κ3) is 4.70. The van der Waals surface area contributed by atoms with E-state index < -0.39 is 23.3 Å². The topological polar surface area (TPSA) is 79.2 Å². The molecule has 3 rings (SSSR count). The first kappa shape index (κ1) is 23.5. The minimum absolute atomic E-state index is 0. The maximum absolute atomic E-state index is 14.2. The molecule has 0 radical (unpaired) electrons. The van der Waals surface area contributed by atoms with Gasteiger partial charge in [0.2, 0.25) is 0 Å². The van der Waals surface area contributed by atoms with Gasteiger partial charge < -0.3 is 15.0 Å². The molecule has 1 N–H and O–H groups in total. The Labute approximate surface area is 187 Å². The minimum Gasteiger partial charge on any atom is -0.477 e. The van der Waals surface area contributed by atoms with Gasteiger partial charge in [-0.05, 0) is 37.7 Å². The molecule has 0 atom stereocenters. The van der Waals surface area contributed by atoms with E-state index in [0.717, 1.165) is 11.8 Å². The second-order valence-corrected chi connectivity index (χ2v) is 7.22. The summed E-state index contributed by atoms with van der Waals surface area (Å²) < 4.78 is 27.4. The molecule has 9 heteroatoms. The average Bonchev–Trinajstić information content (AvgIpc) is 2.67. The van der Waals surface area contributed by atoms with Crippen LogP contribution in [0, 0.1) is 18.0 Å². The van der Waals surface area contributed by atoms with E-state index in [1.807, 2.05) is 38.9 Å². The molecule has 160 valence electrons. The Morgan fingerprint density at radius 1 is 1.10 bits per heavy atom. The fraction of sp³-hybridized carbons (Fsp3) is 0.238. The predicted molar refractivity (Wildman–Crippen MR) is 104 cm³/mol. The number of hydrogen-bond donors (Lipinski definition) is 1. The first-order valence-corrected chi connectivity index (χ1v) is 8.74. The summed E-state index contributed by atoms with van der Waals surface area (Å²) in [4.78, 5) is 25.1. The van der Waals surface area contributed by atoms with Gasteiger partial charge in [-0.3, -0.25) is 4.98 Å². The molecule has 0 unspecified atom stereocenters. The molecule has 30 heavy (non-hydrogen) atoms. The Hall–Kier alpha value is -2.73. The Balaban J connectivity index is 0.00000320. The molecule has 3 heterocycles. The van der Waals surface area contributed by atoms with E-state index in [9.17, 15) is 18.7 Å². The smallest absolute Gasteiger partial charge is 0.354 e. The molecule has 6 nitrogen and oxygen atoms in total. The van der Waals surface area contributed by atoms with E-state index >= 15 is 0 Å². The van der Waals surface area contributed by atoms with Crippen LogP contribution >= 0.6 is 0 Å². The summed E-state index contributed by atoms with van der Waals surface area (Å²) >= 11 is 0. The van der Waals surface area contributed by atoms with E-state index in [-0.39, 0.29) is 38.0 Å². The van der Waals surface area contributed by atoms with Crippen molar-refractivity contribution >= 4 is 11.7 Å². The Morgan fingerprint density at radius 3 is 2.40 bits per heavy atom. The molecule has 0 aliphatic rings. The fourth-order valence-electron chi connectivity index (χ4n) is 2.81. The number of hydrogen-bond acceptors (Lipinski definition) is 5. The number of anilines is 1. The van der Waals surface area contributed by atoms with Crippen molar-refractivity contribution in [2.45, 2.75) is 19.3 Å². The van der Waals surface area contributed by atoms with Crippen molar-refractivity contribution in [2.75, 3.05) is 19.0 Å². The van der Waals surface area contributed by atoms with Gasteiger partial charge in [0.05, 0.1) is 5.69 Å². The van der Waals surface area contributed by atoms with Crippen LogP contribution in [0.5, 0.6) is 0 Å². The molecule has 0 saturated heterocycles. The number of aromatic carboxylic acids is 1. The second-order valence-electron chi connectivity index (χ2n) is 7.22. The van der Waals surface area contributed by atoms with Crippen LogP contribution in [0.3, 0.4) is 0 Å². The summed E-state index contributed by atoms with van der Waals surface area (Å²) in [7, 11) is 3.64. The molecule has 0 saturated carbocycles. The van der Waals surface area contributed by atoms with Crippen LogP contribution in [0.25, 0.3) is 11.3 Å². The molecule has 0 amide bonds. The van der Waals surface area contributed by atoms with Gasteiger partial charge >= 0.3 is 5.97 Å². The summed E-state index contributed by atoms with van der Waals surface area (Å²) in [5, 5.41) is 9.24. The molecule has 3 aromatic rings. The SMILES string of the molecule is CN(C)c1cc(-c2[c-]cc(F)nc2F)nc(C(C)(C)c2cccc(C(=O)O)n2)c1.[Pt]. The van der Waals surface area contributed by atoms with Gasteiger partial charge in [0.25, 0.3) is 0 Å². The summed E-state index contributed by atoms with van der Waals surface area (Å²) in [6.45, 7) is 3.69. The monoisotopic (exact) mass is 592 g/mol. The van der Waals surface area contributed by atoms with Gasteiger partial charge in [-0.1, -0.05) is 23.8 Å². The van der Waals surface area contributed by atoms with Crippen LogP contribution in [-0.4, -0.2) is 40.1 Å². The second kappa shape index (κ2) is 8.96. The standard InChI is InChI=1S/C21H19F2N4O2.Pt/c1-21(2,16-7-5-6-14(24-16)20(28)29)17-11-12(27(3)4)10-15(25-17)13-8-9-18(22)26-19(13)23;/h5-7,9-11H,1-4H3,(H,28,29);/q-1;. The van der Waals surface area contributed by atoms with Crippen molar-refractivity contribution in [3.63, 3.8) is 0 Å². The number of carbonyl (C=O) groups is 1. The van der Waals surface area contributed by atoms with Crippen LogP contribution in [0.4, 0.5) is 14.5 Å². The van der Waals surface area contributed by atoms with Crippen LogP contribution < -0.4 is 4.90 Å². The van der Waals surface area contributed by atoms with Gasteiger partial charge in [-0.2, -0.15) is 0 Å². The summed E-state index contributed by atoms with van der Waals surface area (Å²) in [5.41, 5.74) is 1.06. The van der Waals surface area contributed by atoms with Crippen LogP contribution in [0.15, 0.2) is 36.4 Å². The average molecular weight is 592 g/mol. The van der Waals surface area contributed by atoms with Crippen molar-refractivity contribution in [1.29, 1.82) is 0 Å². The van der Waals surface area contributed by atoms with E-state index in [4.69, 9.17) is 0 Å². The maximum atomic E-state index is 14.2. The molecule has 0 bridgehead atoms. The fourth-order valence-corrected chi connectivity index (χ4v) is 2.81. The van der Waals surface area contributed by atoms with Crippen molar-refractivity contribution < 1.29 is 39.7 Å². The zero-order valence-electron chi connectivity index (χ0n) is 16.7. The van der Waals surface area contributed by atoms with Crippen molar-refractivity contribution in [1.82, 2.24) is 15.0 Å². The van der Waals surface area contributed by atoms with Crippen LogP contribution in [0.1, 0.15) is 35.7 Å². The number of pyridine rings is 3. The third-order valence-electron chi connectivity index (χ3n) is 4.58. The zero-order chi connectivity index (χ0) is 21.3. The molecule has 0 spiro atoms. The number of carboxylic acids is 1. The summed E-state index contributed by atoms with van der Waals surface area (Å²) in [5.74, 6) is -3.11. The Bertz CT molecular complexity index is 1090. The normalized spacial score (nSPS) is 11.0. The number of aromatic nitrogens is 3. The van der Waals surface area contributed by atoms with Gasteiger partial charge in [0.1, 0.15) is 17.6 Å². The first-order chi connectivity index (χ1) is 13.6. The van der Waals surface area contributed by atoms with Crippen molar-refractivity contribution in [3.8, 4) is 11.3 Å². The molecule has 0 fully saturated rings. The van der Waals surface area contributed by atoms with E-state index in [1.165, 1.54) is 6.07 Å². The van der Waals surface area contributed by atoms with E-state index in [1.54, 1.807) is 18.2 Å². The van der Waals surface area contributed by atoms with Gasteiger partial charge in [-0.15, -0.1) is 6.07 Å². The minimum atomic E-state index is -1.13. The largest absolute Gasteiger partial charge is 0.477 e. The predicted octanol–water partition coefficient (Wildman–Crippen LogP) is 3.70. The molecular formula is C21H19F2N4O2Pt-. The Morgan fingerprint density at radius 2 is 1.80 bits per heavy atom. The van der Waals surface area contributed by atoms with Crippen LogP contribution in [0.2, 0.25) is 0 Å². The van der Waals surface area contributed by atoms with Crippen molar-refractivity contribution in [3.05, 3.63) is 71.4 Å². The van der Waals surface area contributed by atoms with Gasteiger partial charge in [0.15, 0.2) is 0 Å². The molecule has 0 aliphatic carbocycles. The first-order valence-electron chi connectivity index (χ1n) is 8.74. The van der Waals surface area contributed by atoms with Gasteiger partial charge in [-0.25, -0.2) is 18.6 Å². The Kier molecular flexibility index (Phi) is 7.03. The summed E-state index contributed by atoms with van der Waals surface area (Å²) in [6.07, 6.45) is 0. The molecule has 0 aromatic carbocycles. The van der Waals surface area contributed by atoms with Gasteiger partial charge in [0, 0.05) is 52.0 Å². The van der Waals surface area contributed by atoms with Crippen molar-refractivity contribution in [2.24, 2.45) is 0 Å². The summed E-state index contributed by atoms with van der Waals surface area (Å²) in [6, 6.07) is 11.7. The quantitative estimate of drug-likeness (QED) is 0.360. The number of carboxylic acid groups (broad SMARTS) is 1. The zero-order valence-corrected chi connectivity index (χ0v) is 19.0. The maximum Gasteiger partial charge on any atom is 0.354 e. The molecule has 3 aromatic heterocycles. The van der Waals surface area contributed by atoms with E-state index in [0.29, 0.717) is 11.4 Å². The number of rotatable bonds is 5.